The molecular weight excluding hydrogens is 528 g/mol. The van der Waals surface area contributed by atoms with Gasteiger partial charge < -0.3 is 0 Å². The van der Waals surface area contributed by atoms with Crippen LogP contribution in [-0.2, 0) is 6.42 Å². The highest BCUT2D eigenvalue weighted by molar-refractivity contribution is 7.15. The Morgan fingerprint density at radius 1 is 0.975 bits per heavy atom. The van der Waals surface area contributed by atoms with Crippen molar-refractivity contribution in [2.75, 3.05) is 0 Å². The maximum atomic E-state index is 13.4. The van der Waals surface area contributed by atoms with Crippen LogP contribution in [0.1, 0.15) is 22.4 Å². The van der Waals surface area contributed by atoms with Crippen molar-refractivity contribution < 1.29 is 4.92 Å². The van der Waals surface area contributed by atoms with Crippen LogP contribution in [0.5, 0.6) is 0 Å². The molecule has 0 saturated heterocycles. The third-order valence-electron chi connectivity index (χ3n) is 6.32. The standard InChI is InChI=1S/C29H20N6O4S/c1-18-10-12-19(13-11-18)14-24-27(36)30-29-34(31-24)28(37)25(40-29)16-21-17-33(22-7-3-2-4-8-22)32-26(21)20-6-5-9-23(15-20)35(38)39/h2-13,15-17H,14H2,1H3. The van der Waals surface area contributed by atoms with Crippen LogP contribution in [0.4, 0.5) is 5.69 Å². The summed E-state index contributed by atoms with van der Waals surface area (Å²) in [5.41, 5.74) is 3.52. The second kappa shape index (κ2) is 10.1. The number of hydrogen-bond acceptors (Lipinski definition) is 8. The van der Waals surface area contributed by atoms with Crippen LogP contribution >= 0.6 is 11.3 Å². The number of nitro benzene ring substituents is 1. The number of benzene rings is 3. The van der Waals surface area contributed by atoms with Crippen molar-refractivity contribution in [3.63, 3.8) is 0 Å². The average molecular weight is 549 g/mol. The largest absolute Gasteiger partial charge is 0.296 e. The molecule has 0 spiro atoms. The summed E-state index contributed by atoms with van der Waals surface area (Å²) in [6.45, 7) is 1.98. The van der Waals surface area contributed by atoms with Crippen LogP contribution < -0.4 is 15.7 Å². The average Bonchev–Trinajstić information content (AvgIpc) is 3.51. The third kappa shape index (κ3) is 4.81. The Kier molecular flexibility index (Phi) is 6.33. The number of aromatic nitrogens is 5. The Morgan fingerprint density at radius 2 is 1.75 bits per heavy atom. The first-order valence-corrected chi connectivity index (χ1v) is 13.1. The van der Waals surface area contributed by atoms with E-state index in [9.17, 15) is 19.7 Å². The van der Waals surface area contributed by atoms with E-state index in [1.54, 1.807) is 29.1 Å². The lowest BCUT2D eigenvalue weighted by Crippen LogP contribution is -2.28. The molecular formula is C29H20N6O4S. The van der Waals surface area contributed by atoms with Gasteiger partial charge in [0.15, 0.2) is 0 Å². The molecule has 0 aliphatic carbocycles. The summed E-state index contributed by atoms with van der Waals surface area (Å²) >= 11 is 1.04. The Labute approximate surface area is 230 Å². The van der Waals surface area contributed by atoms with Gasteiger partial charge >= 0.3 is 0 Å². The first-order valence-electron chi connectivity index (χ1n) is 12.3. The number of non-ortho nitro benzene ring substituents is 1. The minimum atomic E-state index is -0.484. The van der Waals surface area contributed by atoms with Crippen molar-refractivity contribution >= 4 is 28.1 Å². The molecule has 10 nitrogen and oxygen atoms in total. The smallest absolute Gasteiger partial charge is 0.266 e. The fraction of sp³-hybridized carbons (Fsp3) is 0.0690. The number of hydrogen-bond donors (Lipinski definition) is 0. The van der Waals surface area contributed by atoms with Crippen LogP contribution in [-0.4, -0.2) is 29.3 Å². The molecule has 0 aliphatic rings. The first kappa shape index (κ1) is 25.0. The summed E-state index contributed by atoms with van der Waals surface area (Å²) in [6, 6.07) is 23.3. The van der Waals surface area contributed by atoms with E-state index in [1.807, 2.05) is 61.5 Å². The molecule has 3 aromatic heterocycles. The fourth-order valence-corrected chi connectivity index (χ4v) is 5.18. The summed E-state index contributed by atoms with van der Waals surface area (Å²) in [7, 11) is 0. The number of para-hydroxylation sites is 1. The zero-order valence-electron chi connectivity index (χ0n) is 21.1. The molecule has 0 radical (unpaired) electrons. The molecule has 0 unspecified atom stereocenters. The van der Waals surface area contributed by atoms with Gasteiger partial charge in [-0.2, -0.15) is 19.7 Å². The maximum Gasteiger partial charge on any atom is 0.296 e. The van der Waals surface area contributed by atoms with E-state index in [0.29, 0.717) is 21.4 Å². The molecule has 0 saturated carbocycles. The maximum absolute atomic E-state index is 13.4. The third-order valence-corrected chi connectivity index (χ3v) is 7.28. The molecule has 11 heteroatoms. The van der Waals surface area contributed by atoms with Crippen LogP contribution in [0, 0.1) is 17.0 Å². The zero-order chi connectivity index (χ0) is 27.8. The van der Waals surface area contributed by atoms with Crippen LogP contribution in [0.3, 0.4) is 0 Å². The van der Waals surface area contributed by atoms with Gasteiger partial charge in [-0.1, -0.05) is 71.5 Å². The number of thiazole rings is 1. The van der Waals surface area contributed by atoms with E-state index in [4.69, 9.17) is 0 Å². The van der Waals surface area contributed by atoms with Crippen LogP contribution in [0.2, 0.25) is 0 Å². The van der Waals surface area contributed by atoms with E-state index in [-0.39, 0.29) is 22.8 Å². The zero-order valence-corrected chi connectivity index (χ0v) is 21.9. The minimum absolute atomic E-state index is 0.0721. The molecule has 0 fully saturated rings. The molecule has 40 heavy (non-hydrogen) atoms. The van der Waals surface area contributed by atoms with Gasteiger partial charge in [0.1, 0.15) is 11.4 Å². The van der Waals surface area contributed by atoms with Gasteiger partial charge in [0, 0.05) is 35.9 Å². The number of rotatable bonds is 6. The Hall–Kier alpha value is -5.29. The minimum Gasteiger partial charge on any atom is -0.266 e. The van der Waals surface area contributed by atoms with Crippen molar-refractivity contribution in [2.45, 2.75) is 13.3 Å². The first-order chi connectivity index (χ1) is 19.4. The van der Waals surface area contributed by atoms with Gasteiger partial charge in [0.2, 0.25) is 4.96 Å². The molecule has 0 bridgehead atoms. The van der Waals surface area contributed by atoms with Gasteiger partial charge in [-0.15, -0.1) is 0 Å². The molecule has 0 N–H and O–H groups in total. The van der Waals surface area contributed by atoms with Gasteiger partial charge in [0.25, 0.3) is 16.8 Å². The highest BCUT2D eigenvalue weighted by atomic mass is 32.1. The molecule has 3 heterocycles. The monoisotopic (exact) mass is 548 g/mol. The second-order valence-corrected chi connectivity index (χ2v) is 10.2. The highest BCUT2D eigenvalue weighted by Crippen LogP contribution is 2.27. The fourth-order valence-electron chi connectivity index (χ4n) is 4.29. The molecule has 6 aromatic rings. The molecule has 3 aromatic carbocycles. The van der Waals surface area contributed by atoms with Crippen molar-refractivity contribution in [2.24, 2.45) is 0 Å². The molecule has 196 valence electrons. The lowest BCUT2D eigenvalue weighted by atomic mass is 10.1. The van der Waals surface area contributed by atoms with E-state index < -0.39 is 16.0 Å². The Morgan fingerprint density at radius 3 is 2.50 bits per heavy atom. The lowest BCUT2D eigenvalue weighted by Gasteiger charge is -2.01. The summed E-state index contributed by atoms with van der Waals surface area (Å²) in [5, 5.41) is 20.4. The normalized spacial score (nSPS) is 11.8. The van der Waals surface area contributed by atoms with E-state index in [1.165, 1.54) is 12.1 Å². The second-order valence-electron chi connectivity index (χ2n) is 9.16. The number of aryl methyl sites for hydroxylation is 1. The van der Waals surface area contributed by atoms with Crippen molar-refractivity contribution in [1.29, 1.82) is 0 Å². The number of fused-ring (bicyclic) bond motifs is 1. The topological polar surface area (TPSA) is 125 Å². The van der Waals surface area contributed by atoms with Crippen molar-refractivity contribution in [3.05, 3.63) is 143 Å². The SMILES string of the molecule is Cc1ccc(Cc2nn3c(=O)c(=Cc4cn(-c5ccccc5)nc4-c4cccc([N+](=O)[O-])c4)sc3nc2=O)cc1. The number of nitrogens with zero attached hydrogens (tertiary/aromatic N) is 6. The quantitative estimate of drug-likeness (QED) is 0.229. The van der Waals surface area contributed by atoms with Crippen LogP contribution in [0.25, 0.3) is 28.0 Å². The molecule has 6 rings (SSSR count). The lowest BCUT2D eigenvalue weighted by molar-refractivity contribution is -0.384. The van der Waals surface area contributed by atoms with Crippen molar-refractivity contribution in [3.8, 4) is 16.9 Å². The summed E-state index contributed by atoms with van der Waals surface area (Å²) < 4.78 is 3.10. The van der Waals surface area contributed by atoms with Gasteiger partial charge in [-0.05, 0) is 30.7 Å². The van der Waals surface area contributed by atoms with Gasteiger partial charge in [-0.25, -0.2) is 4.68 Å². The number of nitro groups is 1. The Balaban J connectivity index is 1.49. The van der Waals surface area contributed by atoms with E-state index in [0.717, 1.165) is 32.7 Å². The predicted molar refractivity (Wildman–Crippen MR) is 152 cm³/mol. The van der Waals surface area contributed by atoms with Gasteiger partial charge in [0.05, 0.1) is 15.1 Å². The summed E-state index contributed by atoms with van der Waals surface area (Å²) in [5.74, 6) is 0. The highest BCUT2D eigenvalue weighted by Gasteiger charge is 2.16. The predicted octanol–water partition coefficient (Wildman–Crippen LogP) is 3.72. The van der Waals surface area contributed by atoms with E-state index in [2.05, 4.69) is 15.2 Å². The van der Waals surface area contributed by atoms with Crippen molar-refractivity contribution in [1.82, 2.24) is 24.4 Å². The van der Waals surface area contributed by atoms with Gasteiger partial charge in [-0.3, -0.25) is 19.7 Å². The molecule has 0 aliphatic heterocycles. The summed E-state index contributed by atoms with van der Waals surface area (Å²) in [4.78, 5) is 41.3. The summed E-state index contributed by atoms with van der Waals surface area (Å²) in [6.07, 6.45) is 3.65. The van der Waals surface area contributed by atoms with E-state index >= 15 is 0 Å². The van der Waals surface area contributed by atoms with Crippen LogP contribution in [0.15, 0.2) is 94.6 Å². The Bertz CT molecular complexity index is 2060. The molecule has 0 amide bonds. The molecule has 0 atom stereocenters.